The monoisotopic (exact) mass is 352 g/mol. The molecule has 0 saturated heterocycles. The Kier molecular flexibility index (Phi) is 5.26. The quantitative estimate of drug-likeness (QED) is 0.481. The van der Waals surface area contributed by atoms with Crippen LogP contribution in [-0.2, 0) is 11.3 Å². The Morgan fingerprint density at radius 1 is 1.08 bits per heavy atom. The van der Waals surface area contributed by atoms with Crippen molar-refractivity contribution < 1.29 is 19.1 Å². The number of carbonyl (C=O) groups is 2. The minimum Gasteiger partial charge on any atom is -0.489 e. The van der Waals surface area contributed by atoms with Gasteiger partial charge >= 0.3 is 5.97 Å². The lowest BCUT2D eigenvalue weighted by atomic mass is 10.1. The lowest BCUT2D eigenvalue weighted by Crippen LogP contribution is -2.03. The van der Waals surface area contributed by atoms with Gasteiger partial charge in [-0.3, -0.25) is 4.79 Å². The van der Waals surface area contributed by atoms with Crippen LogP contribution in [0, 0.1) is 0 Å². The number of hydrogen-bond donors (Lipinski definition) is 0. The van der Waals surface area contributed by atoms with Gasteiger partial charge in [0, 0.05) is 4.88 Å². The standard InChI is InChI=1S/C20H16O4S/c1-23-20(22)16-9-15(19-8-7-18(12-21)25-19)10-17(11-16)24-13-14-5-3-2-4-6-14/h2-12H,13H2,1H3. The number of thiophene rings is 1. The summed E-state index contributed by atoms with van der Waals surface area (Å²) in [5.41, 5.74) is 2.25. The summed E-state index contributed by atoms with van der Waals surface area (Å²) < 4.78 is 10.7. The number of hydrogen-bond acceptors (Lipinski definition) is 5. The highest BCUT2D eigenvalue weighted by Gasteiger charge is 2.12. The number of ether oxygens (including phenoxy) is 2. The molecule has 0 fully saturated rings. The Morgan fingerprint density at radius 3 is 2.56 bits per heavy atom. The molecule has 1 aromatic heterocycles. The maximum absolute atomic E-state index is 12.0. The Hall–Kier alpha value is -2.92. The van der Waals surface area contributed by atoms with Gasteiger partial charge in [0.05, 0.1) is 17.6 Å². The molecule has 0 amide bonds. The van der Waals surface area contributed by atoms with E-state index < -0.39 is 5.97 Å². The highest BCUT2D eigenvalue weighted by atomic mass is 32.1. The minimum absolute atomic E-state index is 0.398. The van der Waals surface area contributed by atoms with Gasteiger partial charge in [0.2, 0.25) is 0 Å². The normalized spacial score (nSPS) is 10.3. The van der Waals surface area contributed by atoms with Gasteiger partial charge in [-0.1, -0.05) is 30.3 Å². The maximum Gasteiger partial charge on any atom is 0.338 e. The first-order valence-corrected chi connectivity index (χ1v) is 8.47. The van der Waals surface area contributed by atoms with Crippen molar-refractivity contribution >= 4 is 23.6 Å². The van der Waals surface area contributed by atoms with Crippen molar-refractivity contribution in [1.29, 1.82) is 0 Å². The van der Waals surface area contributed by atoms with Gasteiger partial charge in [-0.15, -0.1) is 11.3 Å². The molecule has 25 heavy (non-hydrogen) atoms. The van der Waals surface area contributed by atoms with Crippen LogP contribution in [0.25, 0.3) is 10.4 Å². The van der Waals surface area contributed by atoms with Gasteiger partial charge in [0.25, 0.3) is 0 Å². The number of esters is 1. The van der Waals surface area contributed by atoms with Crippen LogP contribution in [0.2, 0.25) is 0 Å². The molecule has 0 aliphatic rings. The molecule has 0 bridgehead atoms. The fraction of sp³-hybridized carbons (Fsp3) is 0.100. The van der Waals surface area contributed by atoms with Crippen LogP contribution in [0.4, 0.5) is 0 Å². The Labute approximate surface area is 149 Å². The average Bonchev–Trinajstić information content (AvgIpc) is 3.15. The summed E-state index contributed by atoms with van der Waals surface area (Å²) in [5, 5.41) is 0. The molecule has 0 radical (unpaired) electrons. The Bertz CT molecular complexity index is 884. The predicted octanol–water partition coefficient (Wildman–Crippen LogP) is 4.59. The van der Waals surface area contributed by atoms with E-state index in [0.29, 0.717) is 22.8 Å². The molecule has 4 nitrogen and oxygen atoms in total. The van der Waals surface area contributed by atoms with Crippen LogP contribution < -0.4 is 4.74 Å². The summed E-state index contributed by atoms with van der Waals surface area (Å²) in [5.74, 6) is 0.140. The van der Waals surface area contributed by atoms with Crippen molar-refractivity contribution in [2.24, 2.45) is 0 Å². The first-order valence-electron chi connectivity index (χ1n) is 7.65. The number of aldehydes is 1. The van der Waals surface area contributed by atoms with Crippen molar-refractivity contribution in [2.75, 3.05) is 7.11 Å². The molecule has 0 spiro atoms. The Balaban J connectivity index is 1.92. The van der Waals surface area contributed by atoms with Gasteiger partial charge < -0.3 is 9.47 Å². The van der Waals surface area contributed by atoms with E-state index in [9.17, 15) is 9.59 Å². The van der Waals surface area contributed by atoms with Crippen molar-refractivity contribution in [1.82, 2.24) is 0 Å². The minimum atomic E-state index is -0.432. The van der Waals surface area contributed by atoms with Crippen LogP contribution in [0.3, 0.4) is 0 Å². The smallest absolute Gasteiger partial charge is 0.338 e. The lowest BCUT2D eigenvalue weighted by molar-refractivity contribution is 0.0600. The molecule has 1 heterocycles. The van der Waals surface area contributed by atoms with E-state index in [2.05, 4.69) is 0 Å². The second-order valence-electron chi connectivity index (χ2n) is 5.33. The van der Waals surface area contributed by atoms with Gasteiger partial charge in [0.15, 0.2) is 6.29 Å². The zero-order chi connectivity index (χ0) is 17.6. The fourth-order valence-corrected chi connectivity index (χ4v) is 3.18. The summed E-state index contributed by atoms with van der Waals surface area (Å²) in [6, 6.07) is 18.6. The number of rotatable bonds is 6. The highest BCUT2D eigenvalue weighted by Crippen LogP contribution is 2.31. The van der Waals surface area contributed by atoms with E-state index in [1.165, 1.54) is 18.4 Å². The molecular weight excluding hydrogens is 336 g/mol. The summed E-state index contributed by atoms with van der Waals surface area (Å²) in [6.45, 7) is 0.398. The van der Waals surface area contributed by atoms with E-state index >= 15 is 0 Å². The first kappa shape index (κ1) is 16.9. The molecule has 5 heteroatoms. The van der Waals surface area contributed by atoms with E-state index in [1.807, 2.05) is 42.5 Å². The largest absolute Gasteiger partial charge is 0.489 e. The SMILES string of the molecule is COC(=O)c1cc(OCc2ccccc2)cc(-c2ccc(C=O)s2)c1. The van der Waals surface area contributed by atoms with Crippen molar-refractivity contribution in [3.05, 3.63) is 76.7 Å². The zero-order valence-electron chi connectivity index (χ0n) is 13.6. The lowest BCUT2D eigenvalue weighted by Gasteiger charge is -2.10. The molecule has 0 aliphatic heterocycles. The summed E-state index contributed by atoms with van der Waals surface area (Å²) in [7, 11) is 1.34. The van der Waals surface area contributed by atoms with E-state index in [0.717, 1.165) is 22.3 Å². The van der Waals surface area contributed by atoms with Crippen LogP contribution >= 0.6 is 11.3 Å². The van der Waals surface area contributed by atoms with Crippen LogP contribution in [0.1, 0.15) is 25.6 Å². The summed E-state index contributed by atoms with van der Waals surface area (Å²) in [6.07, 6.45) is 0.811. The van der Waals surface area contributed by atoms with Crippen LogP contribution in [0.15, 0.2) is 60.7 Å². The van der Waals surface area contributed by atoms with Gasteiger partial charge in [-0.2, -0.15) is 0 Å². The first-order chi connectivity index (χ1) is 12.2. The van der Waals surface area contributed by atoms with E-state index in [4.69, 9.17) is 9.47 Å². The van der Waals surface area contributed by atoms with Crippen molar-refractivity contribution in [3.8, 4) is 16.2 Å². The third-order valence-electron chi connectivity index (χ3n) is 3.60. The molecule has 3 rings (SSSR count). The maximum atomic E-state index is 12.0. The summed E-state index contributed by atoms with van der Waals surface area (Å²) >= 11 is 1.36. The predicted molar refractivity (Wildman–Crippen MR) is 97.3 cm³/mol. The second kappa shape index (κ2) is 7.77. The van der Waals surface area contributed by atoms with Gasteiger partial charge in [-0.05, 0) is 41.5 Å². The van der Waals surface area contributed by atoms with Crippen molar-refractivity contribution in [2.45, 2.75) is 6.61 Å². The van der Waals surface area contributed by atoms with E-state index in [-0.39, 0.29) is 0 Å². The molecule has 126 valence electrons. The molecule has 3 aromatic rings. The highest BCUT2D eigenvalue weighted by molar-refractivity contribution is 7.17. The number of benzene rings is 2. The molecule has 2 aromatic carbocycles. The number of methoxy groups -OCH3 is 1. The molecule has 0 atom stereocenters. The zero-order valence-corrected chi connectivity index (χ0v) is 14.4. The molecule has 0 N–H and O–H groups in total. The average molecular weight is 352 g/mol. The van der Waals surface area contributed by atoms with E-state index in [1.54, 1.807) is 18.2 Å². The van der Waals surface area contributed by atoms with Crippen LogP contribution in [-0.4, -0.2) is 19.4 Å². The molecule has 0 aliphatic carbocycles. The van der Waals surface area contributed by atoms with Crippen molar-refractivity contribution in [3.63, 3.8) is 0 Å². The van der Waals surface area contributed by atoms with Gasteiger partial charge in [0.1, 0.15) is 12.4 Å². The van der Waals surface area contributed by atoms with Crippen LogP contribution in [0.5, 0.6) is 5.75 Å². The fourth-order valence-electron chi connectivity index (χ4n) is 2.37. The number of carbonyl (C=O) groups excluding carboxylic acids is 2. The molecule has 0 saturated carbocycles. The third kappa shape index (κ3) is 4.14. The van der Waals surface area contributed by atoms with Gasteiger partial charge in [-0.25, -0.2) is 4.79 Å². The summed E-state index contributed by atoms with van der Waals surface area (Å²) in [4.78, 5) is 24.4. The Morgan fingerprint density at radius 2 is 1.88 bits per heavy atom. The second-order valence-corrected chi connectivity index (χ2v) is 6.45. The third-order valence-corrected chi connectivity index (χ3v) is 4.66. The molecule has 0 unspecified atom stereocenters. The molecular formula is C20H16O4S. The topological polar surface area (TPSA) is 52.6 Å².